The molecule has 1 N–H and O–H groups in total. The van der Waals surface area contributed by atoms with Gasteiger partial charge in [0.15, 0.2) is 0 Å². The summed E-state index contributed by atoms with van der Waals surface area (Å²) in [5.41, 5.74) is 1.56. The van der Waals surface area contributed by atoms with Crippen molar-refractivity contribution in [2.45, 2.75) is 31.8 Å². The largest absolute Gasteiger partial charge is 0.465 e. The molecule has 1 heterocycles. The summed E-state index contributed by atoms with van der Waals surface area (Å²) in [6.07, 6.45) is 0.301. The van der Waals surface area contributed by atoms with Crippen molar-refractivity contribution in [2.75, 3.05) is 26.8 Å². The minimum Gasteiger partial charge on any atom is -0.465 e. The second-order valence-corrected chi connectivity index (χ2v) is 5.84. The molecule has 6 heteroatoms. The van der Waals surface area contributed by atoms with E-state index in [0.29, 0.717) is 25.9 Å². The predicted molar refractivity (Wildman–Crippen MR) is 80.2 cm³/mol. The summed E-state index contributed by atoms with van der Waals surface area (Å²) >= 11 is 0. The van der Waals surface area contributed by atoms with Crippen molar-refractivity contribution in [3.8, 4) is 0 Å². The van der Waals surface area contributed by atoms with Gasteiger partial charge in [-0.2, -0.15) is 0 Å². The number of carboxylic acid groups (broad SMARTS) is 1. The summed E-state index contributed by atoms with van der Waals surface area (Å²) in [5, 5.41) is 9.42. The fourth-order valence-corrected chi connectivity index (χ4v) is 3.20. The number of alkyl halides is 1. The molecule has 4 nitrogen and oxygen atoms in total. The summed E-state index contributed by atoms with van der Waals surface area (Å²) in [6, 6.07) is 4.24. The standard InChI is InChI=1S/C16H22F2N2O2/c1-11-9-12(18)3-4-14(11)15-10-13(19(2)8-6-17)5-7-20(15)16(21)22/h3-4,9,13,15H,5-8,10H2,1-2H3,(H,21,22)/t13-,15+/m0/s1. The van der Waals surface area contributed by atoms with Crippen molar-refractivity contribution in [3.05, 3.63) is 35.1 Å². The third-order valence-corrected chi connectivity index (χ3v) is 4.47. The molecule has 1 aromatic rings. The lowest BCUT2D eigenvalue weighted by atomic mass is 9.89. The average molecular weight is 312 g/mol. The van der Waals surface area contributed by atoms with E-state index in [0.717, 1.165) is 11.1 Å². The van der Waals surface area contributed by atoms with Crippen LogP contribution in [0.25, 0.3) is 0 Å². The number of nitrogens with zero attached hydrogens (tertiary/aromatic N) is 2. The van der Waals surface area contributed by atoms with Crippen LogP contribution in [0.15, 0.2) is 18.2 Å². The Balaban J connectivity index is 2.27. The van der Waals surface area contributed by atoms with E-state index in [2.05, 4.69) is 0 Å². The normalized spacial score (nSPS) is 22.1. The lowest BCUT2D eigenvalue weighted by Gasteiger charge is -2.41. The van der Waals surface area contributed by atoms with Crippen LogP contribution in [0, 0.1) is 12.7 Å². The fourth-order valence-electron chi connectivity index (χ4n) is 3.20. The molecule has 0 radical (unpaired) electrons. The number of aryl methyl sites for hydroxylation is 1. The first-order chi connectivity index (χ1) is 10.4. The predicted octanol–water partition coefficient (Wildman–Crippen LogP) is 3.22. The van der Waals surface area contributed by atoms with Crippen LogP contribution >= 0.6 is 0 Å². The molecule has 0 unspecified atom stereocenters. The Morgan fingerprint density at radius 3 is 2.82 bits per heavy atom. The van der Waals surface area contributed by atoms with E-state index >= 15 is 0 Å². The molecule has 1 aliphatic heterocycles. The Morgan fingerprint density at radius 2 is 2.23 bits per heavy atom. The molecule has 2 rings (SSSR count). The Bertz CT molecular complexity index is 539. The number of halogens is 2. The van der Waals surface area contributed by atoms with E-state index in [4.69, 9.17) is 0 Å². The minimum absolute atomic E-state index is 0.126. The Labute approximate surface area is 129 Å². The SMILES string of the molecule is Cc1cc(F)ccc1[C@H]1C[C@@H](N(C)CCF)CCN1C(=O)O. The lowest BCUT2D eigenvalue weighted by molar-refractivity contribution is 0.0677. The monoisotopic (exact) mass is 312 g/mol. The maximum absolute atomic E-state index is 13.3. The number of hydrogen-bond acceptors (Lipinski definition) is 2. The van der Waals surface area contributed by atoms with E-state index in [-0.39, 0.29) is 17.9 Å². The number of benzene rings is 1. The highest BCUT2D eigenvalue weighted by molar-refractivity contribution is 5.66. The summed E-state index contributed by atoms with van der Waals surface area (Å²) in [4.78, 5) is 14.8. The van der Waals surface area contributed by atoms with Crippen LogP contribution in [0.5, 0.6) is 0 Å². The molecule has 0 saturated carbocycles. The van der Waals surface area contributed by atoms with Crippen molar-refractivity contribution in [1.82, 2.24) is 9.80 Å². The first-order valence-electron chi connectivity index (χ1n) is 7.46. The van der Waals surface area contributed by atoms with Crippen molar-refractivity contribution in [1.29, 1.82) is 0 Å². The highest BCUT2D eigenvalue weighted by atomic mass is 19.1. The molecule has 1 aromatic carbocycles. The molecule has 0 aromatic heterocycles. The Kier molecular flexibility index (Phi) is 5.34. The first-order valence-corrected chi connectivity index (χ1v) is 7.46. The van der Waals surface area contributed by atoms with Gasteiger partial charge in [-0.15, -0.1) is 0 Å². The van der Waals surface area contributed by atoms with Gasteiger partial charge in [0.25, 0.3) is 0 Å². The highest BCUT2D eigenvalue weighted by Crippen LogP contribution is 2.34. The number of likely N-dealkylation sites (tertiary alicyclic amines) is 1. The van der Waals surface area contributed by atoms with Gasteiger partial charge in [-0.25, -0.2) is 13.6 Å². The Morgan fingerprint density at radius 1 is 1.50 bits per heavy atom. The van der Waals surface area contributed by atoms with E-state index in [1.807, 2.05) is 11.9 Å². The zero-order chi connectivity index (χ0) is 16.3. The molecule has 122 valence electrons. The van der Waals surface area contributed by atoms with Crippen LogP contribution in [0.1, 0.15) is 30.0 Å². The van der Waals surface area contributed by atoms with Gasteiger partial charge in [-0.05, 0) is 50.1 Å². The second kappa shape index (κ2) is 7.05. The highest BCUT2D eigenvalue weighted by Gasteiger charge is 2.34. The van der Waals surface area contributed by atoms with Gasteiger partial charge in [-0.1, -0.05) is 6.07 Å². The van der Waals surface area contributed by atoms with Crippen LogP contribution in [-0.2, 0) is 0 Å². The molecular formula is C16H22F2N2O2. The van der Waals surface area contributed by atoms with Gasteiger partial charge in [0.05, 0.1) is 6.04 Å². The summed E-state index contributed by atoms with van der Waals surface area (Å²) < 4.78 is 25.8. The summed E-state index contributed by atoms with van der Waals surface area (Å²) in [6.45, 7) is 2.11. The molecule has 2 atom stereocenters. The van der Waals surface area contributed by atoms with Gasteiger partial charge in [0, 0.05) is 19.1 Å². The summed E-state index contributed by atoms with van der Waals surface area (Å²) in [7, 11) is 1.86. The Hall–Kier alpha value is -1.69. The number of amides is 1. The second-order valence-electron chi connectivity index (χ2n) is 5.84. The van der Waals surface area contributed by atoms with Crippen LogP contribution in [0.4, 0.5) is 13.6 Å². The molecular weight excluding hydrogens is 290 g/mol. The smallest absolute Gasteiger partial charge is 0.407 e. The maximum Gasteiger partial charge on any atom is 0.407 e. The zero-order valence-corrected chi connectivity index (χ0v) is 12.9. The van der Waals surface area contributed by atoms with E-state index in [1.54, 1.807) is 13.0 Å². The van der Waals surface area contributed by atoms with Gasteiger partial charge >= 0.3 is 6.09 Å². The fraction of sp³-hybridized carbons (Fsp3) is 0.562. The molecule has 1 aliphatic rings. The first kappa shape index (κ1) is 16.7. The third-order valence-electron chi connectivity index (χ3n) is 4.47. The number of carbonyl (C=O) groups is 1. The quantitative estimate of drug-likeness (QED) is 0.928. The van der Waals surface area contributed by atoms with E-state index in [9.17, 15) is 18.7 Å². The van der Waals surface area contributed by atoms with Crippen molar-refractivity contribution >= 4 is 6.09 Å². The van der Waals surface area contributed by atoms with Crippen LogP contribution in [-0.4, -0.2) is 53.9 Å². The number of hydrogen-bond donors (Lipinski definition) is 1. The average Bonchev–Trinajstić information content (AvgIpc) is 2.46. The van der Waals surface area contributed by atoms with Crippen molar-refractivity contribution < 1.29 is 18.7 Å². The molecule has 22 heavy (non-hydrogen) atoms. The molecule has 0 spiro atoms. The van der Waals surface area contributed by atoms with Gasteiger partial charge in [0.2, 0.25) is 0 Å². The molecule has 1 fully saturated rings. The van der Waals surface area contributed by atoms with E-state index < -0.39 is 12.8 Å². The number of rotatable bonds is 4. The topological polar surface area (TPSA) is 43.8 Å². The van der Waals surface area contributed by atoms with Gasteiger partial charge in [-0.3, -0.25) is 0 Å². The van der Waals surface area contributed by atoms with E-state index in [1.165, 1.54) is 17.0 Å². The van der Waals surface area contributed by atoms with Crippen LogP contribution in [0.3, 0.4) is 0 Å². The molecule has 0 bridgehead atoms. The molecule has 1 saturated heterocycles. The lowest BCUT2D eigenvalue weighted by Crippen LogP contribution is -2.47. The van der Waals surface area contributed by atoms with Crippen LogP contribution in [0.2, 0.25) is 0 Å². The van der Waals surface area contributed by atoms with Gasteiger partial charge in [0.1, 0.15) is 12.5 Å². The summed E-state index contributed by atoms with van der Waals surface area (Å²) in [5.74, 6) is -0.329. The minimum atomic E-state index is -0.972. The number of piperidine rings is 1. The van der Waals surface area contributed by atoms with Crippen LogP contribution < -0.4 is 0 Å². The maximum atomic E-state index is 13.3. The van der Waals surface area contributed by atoms with Crippen molar-refractivity contribution in [2.24, 2.45) is 0 Å². The third kappa shape index (κ3) is 3.55. The molecule has 0 aliphatic carbocycles. The molecule has 1 amide bonds. The zero-order valence-electron chi connectivity index (χ0n) is 12.9. The van der Waals surface area contributed by atoms with Gasteiger partial charge < -0.3 is 14.9 Å². The van der Waals surface area contributed by atoms with Crippen molar-refractivity contribution in [3.63, 3.8) is 0 Å².